The fraction of sp³-hybridized carbons (Fsp3) is 1.00. The fourth-order valence-electron chi connectivity index (χ4n) is 3.75. The average Bonchev–Trinajstić information content (AvgIpc) is 2.85. The molecule has 0 aromatic rings. The van der Waals surface area contributed by atoms with Crippen LogP contribution < -0.4 is 5.73 Å². The van der Waals surface area contributed by atoms with Crippen LogP contribution in [0.25, 0.3) is 0 Å². The summed E-state index contributed by atoms with van der Waals surface area (Å²) < 4.78 is 11.8. The first-order chi connectivity index (χ1) is 8.55. The number of hydrogen-bond donors (Lipinski definition) is 1. The van der Waals surface area contributed by atoms with Gasteiger partial charge in [0, 0.05) is 19.8 Å². The Morgan fingerprint density at radius 1 is 1.44 bits per heavy atom. The van der Waals surface area contributed by atoms with Crippen molar-refractivity contribution in [3.8, 4) is 0 Å². The first-order valence-corrected chi connectivity index (χ1v) is 7.50. The van der Waals surface area contributed by atoms with E-state index in [0.717, 1.165) is 25.9 Å². The van der Waals surface area contributed by atoms with Crippen LogP contribution in [0.2, 0.25) is 0 Å². The van der Waals surface area contributed by atoms with E-state index in [2.05, 4.69) is 13.8 Å². The van der Waals surface area contributed by atoms with Crippen LogP contribution in [0, 0.1) is 5.92 Å². The smallest absolute Gasteiger partial charge is 0.0801 e. The zero-order chi connectivity index (χ0) is 13.2. The van der Waals surface area contributed by atoms with Crippen LogP contribution in [-0.2, 0) is 9.47 Å². The summed E-state index contributed by atoms with van der Waals surface area (Å²) >= 11 is 0. The highest BCUT2D eigenvalue weighted by Crippen LogP contribution is 2.44. The maximum Gasteiger partial charge on any atom is 0.0801 e. The summed E-state index contributed by atoms with van der Waals surface area (Å²) in [6.45, 7) is 5.18. The van der Waals surface area contributed by atoms with E-state index in [4.69, 9.17) is 15.2 Å². The molecule has 1 saturated carbocycles. The third-order valence-electron chi connectivity index (χ3n) is 5.43. The summed E-state index contributed by atoms with van der Waals surface area (Å²) in [5.74, 6) is 0.543. The second kappa shape index (κ2) is 5.48. The van der Waals surface area contributed by atoms with Crippen molar-refractivity contribution < 1.29 is 9.47 Å². The Hall–Kier alpha value is -0.120. The lowest BCUT2D eigenvalue weighted by Crippen LogP contribution is -2.54. The van der Waals surface area contributed by atoms with Crippen molar-refractivity contribution in [3.63, 3.8) is 0 Å². The third-order valence-corrected chi connectivity index (χ3v) is 5.43. The standard InChI is InChI=1S/C15H29NO2/c1-4-14(2,17-3)13(16)12-7-10-18-15(11-12)8-5-6-9-15/h12-13H,4-11,16H2,1-3H3. The molecule has 1 aliphatic carbocycles. The van der Waals surface area contributed by atoms with Crippen molar-refractivity contribution in [1.29, 1.82) is 0 Å². The van der Waals surface area contributed by atoms with Gasteiger partial charge in [0.15, 0.2) is 0 Å². The summed E-state index contributed by atoms with van der Waals surface area (Å²) in [6.07, 6.45) is 8.27. The van der Waals surface area contributed by atoms with Gasteiger partial charge in [0.05, 0.1) is 11.2 Å². The first-order valence-electron chi connectivity index (χ1n) is 7.50. The Kier molecular flexibility index (Phi) is 4.35. The van der Waals surface area contributed by atoms with Crippen molar-refractivity contribution in [2.75, 3.05) is 13.7 Å². The molecule has 2 fully saturated rings. The number of hydrogen-bond acceptors (Lipinski definition) is 3. The van der Waals surface area contributed by atoms with Crippen molar-refractivity contribution >= 4 is 0 Å². The van der Waals surface area contributed by atoms with Gasteiger partial charge in [0.2, 0.25) is 0 Å². The molecule has 18 heavy (non-hydrogen) atoms. The summed E-state index contributed by atoms with van der Waals surface area (Å²) in [7, 11) is 1.79. The maximum absolute atomic E-state index is 6.52. The molecule has 1 aliphatic heterocycles. The van der Waals surface area contributed by atoms with E-state index < -0.39 is 0 Å². The second-order valence-electron chi connectivity index (χ2n) is 6.39. The Morgan fingerprint density at radius 2 is 2.11 bits per heavy atom. The van der Waals surface area contributed by atoms with Crippen LogP contribution in [0.1, 0.15) is 58.8 Å². The molecule has 106 valence electrons. The molecule has 3 heteroatoms. The van der Waals surface area contributed by atoms with Crippen molar-refractivity contribution in [1.82, 2.24) is 0 Å². The molecule has 2 aliphatic rings. The van der Waals surface area contributed by atoms with Crippen molar-refractivity contribution in [2.24, 2.45) is 11.7 Å². The number of methoxy groups -OCH3 is 1. The number of ether oxygens (including phenoxy) is 2. The summed E-state index contributed by atoms with van der Waals surface area (Å²) in [6, 6.07) is 0.119. The van der Waals surface area contributed by atoms with Gasteiger partial charge in [-0.1, -0.05) is 19.8 Å². The van der Waals surface area contributed by atoms with Gasteiger partial charge in [-0.3, -0.25) is 0 Å². The van der Waals surface area contributed by atoms with Crippen LogP contribution in [0.15, 0.2) is 0 Å². The predicted octanol–water partition coefficient (Wildman–Crippen LogP) is 2.87. The Bertz CT molecular complexity index is 270. The Balaban J connectivity index is 2.04. The van der Waals surface area contributed by atoms with Gasteiger partial charge >= 0.3 is 0 Å². The van der Waals surface area contributed by atoms with E-state index in [1.807, 2.05) is 0 Å². The van der Waals surface area contributed by atoms with E-state index in [9.17, 15) is 0 Å². The molecule has 2 rings (SSSR count). The van der Waals surface area contributed by atoms with Gasteiger partial charge in [0.25, 0.3) is 0 Å². The highest BCUT2D eigenvalue weighted by molar-refractivity contribution is 4.98. The second-order valence-corrected chi connectivity index (χ2v) is 6.39. The molecule has 1 heterocycles. The topological polar surface area (TPSA) is 44.5 Å². The van der Waals surface area contributed by atoms with Crippen LogP contribution in [0.5, 0.6) is 0 Å². The van der Waals surface area contributed by atoms with Crippen molar-refractivity contribution in [2.45, 2.75) is 76.0 Å². The lowest BCUT2D eigenvalue weighted by molar-refractivity contribution is -0.116. The highest BCUT2D eigenvalue weighted by Gasteiger charge is 2.45. The molecule has 3 atom stereocenters. The van der Waals surface area contributed by atoms with E-state index >= 15 is 0 Å². The minimum atomic E-state index is -0.193. The molecule has 0 radical (unpaired) electrons. The summed E-state index contributed by atoms with van der Waals surface area (Å²) in [5.41, 5.74) is 6.48. The first kappa shape index (κ1) is 14.3. The molecular formula is C15H29NO2. The zero-order valence-electron chi connectivity index (χ0n) is 12.2. The lowest BCUT2D eigenvalue weighted by Gasteiger charge is -2.45. The van der Waals surface area contributed by atoms with E-state index in [1.54, 1.807) is 7.11 Å². The Morgan fingerprint density at radius 3 is 2.67 bits per heavy atom. The molecule has 1 saturated heterocycles. The molecule has 0 aromatic carbocycles. The lowest BCUT2D eigenvalue weighted by atomic mass is 9.75. The van der Waals surface area contributed by atoms with E-state index in [-0.39, 0.29) is 17.2 Å². The predicted molar refractivity (Wildman–Crippen MR) is 73.6 cm³/mol. The Labute approximate surface area is 111 Å². The van der Waals surface area contributed by atoms with Gasteiger partial charge in [-0.05, 0) is 44.9 Å². The van der Waals surface area contributed by atoms with Gasteiger partial charge in [0.1, 0.15) is 0 Å². The number of rotatable bonds is 4. The monoisotopic (exact) mass is 255 g/mol. The minimum Gasteiger partial charge on any atom is -0.377 e. The van der Waals surface area contributed by atoms with Crippen LogP contribution >= 0.6 is 0 Å². The largest absolute Gasteiger partial charge is 0.377 e. The van der Waals surface area contributed by atoms with Gasteiger partial charge in [-0.2, -0.15) is 0 Å². The molecule has 0 aromatic heterocycles. The number of nitrogens with two attached hydrogens (primary N) is 1. The van der Waals surface area contributed by atoms with Gasteiger partial charge in [-0.15, -0.1) is 0 Å². The molecule has 0 bridgehead atoms. The van der Waals surface area contributed by atoms with Crippen LogP contribution in [0.3, 0.4) is 0 Å². The summed E-state index contributed by atoms with van der Waals surface area (Å²) in [5, 5.41) is 0. The molecule has 2 N–H and O–H groups in total. The zero-order valence-corrected chi connectivity index (χ0v) is 12.2. The normalized spacial score (nSPS) is 32.3. The maximum atomic E-state index is 6.52. The van der Waals surface area contributed by atoms with Crippen LogP contribution in [-0.4, -0.2) is 31.0 Å². The fourth-order valence-corrected chi connectivity index (χ4v) is 3.75. The van der Waals surface area contributed by atoms with Crippen LogP contribution in [0.4, 0.5) is 0 Å². The molecule has 3 nitrogen and oxygen atoms in total. The van der Waals surface area contributed by atoms with Gasteiger partial charge < -0.3 is 15.2 Å². The quantitative estimate of drug-likeness (QED) is 0.840. The third kappa shape index (κ3) is 2.59. The van der Waals surface area contributed by atoms with E-state index in [1.165, 1.54) is 25.7 Å². The summed E-state index contributed by atoms with van der Waals surface area (Å²) in [4.78, 5) is 0. The van der Waals surface area contributed by atoms with Gasteiger partial charge in [-0.25, -0.2) is 0 Å². The molecule has 1 spiro atoms. The molecule has 0 amide bonds. The van der Waals surface area contributed by atoms with Crippen molar-refractivity contribution in [3.05, 3.63) is 0 Å². The SMILES string of the molecule is CCC(C)(OC)C(N)C1CCOC2(CCCC2)C1. The molecule has 3 unspecified atom stereocenters. The average molecular weight is 255 g/mol. The minimum absolute atomic E-state index is 0.119. The molecular weight excluding hydrogens is 226 g/mol. The van der Waals surface area contributed by atoms with E-state index in [0.29, 0.717) is 5.92 Å². The highest BCUT2D eigenvalue weighted by atomic mass is 16.5.